The molecule has 0 aromatic carbocycles. The first-order valence-electron chi connectivity index (χ1n) is 5.58. The van der Waals surface area contributed by atoms with Crippen LogP contribution in [-0.4, -0.2) is 29.0 Å². The highest BCUT2D eigenvalue weighted by atomic mass is 32.1. The summed E-state index contributed by atoms with van der Waals surface area (Å²) in [5, 5.41) is 2.04. The Labute approximate surface area is 109 Å². The van der Waals surface area contributed by atoms with Crippen molar-refractivity contribution in [3.63, 3.8) is 0 Å². The number of rotatable bonds is 2. The normalized spacial score (nSPS) is 10.8. The van der Waals surface area contributed by atoms with Gasteiger partial charge in [-0.2, -0.15) is 0 Å². The van der Waals surface area contributed by atoms with Gasteiger partial charge in [0.15, 0.2) is 0 Å². The van der Waals surface area contributed by atoms with Crippen LogP contribution in [0.5, 0.6) is 0 Å². The number of anilines is 1. The van der Waals surface area contributed by atoms with Crippen molar-refractivity contribution in [3.05, 3.63) is 36.0 Å². The molecule has 0 saturated carbocycles. The molecule has 0 unspecified atom stereocenters. The van der Waals surface area contributed by atoms with Gasteiger partial charge in [-0.1, -0.05) is 0 Å². The molecule has 0 amide bonds. The molecule has 18 heavy (non-hydrogen) atoms. The van der Waals surface area contributed by atoms with Crippen LogP contribution < -0.4 is 4.90 Å². The van der Waals surface area contributed by atoms with Gasteiger partial charge in [0.2, 0.25) is 5.95 Å². The van der Waals surface area contributed by atoms with Gasteiger partial charge in [0, 0.05) is 32.1 Å². The first kappa shape index (κ1) is 11.1. The second-order valence-electron chi connectivity index (χ2n) is 4.14. The van der Waals surface area contributed by atoms with E-state index in [1.54, 1.807) is 17.5 Å². The van der Waals surface area contributed by atoms with Crippen molar-refractivity contribution >= 4 is 27.5 Å². The molecule has 0 N–H and O–H groups in total. The number of thiophene rings is 1. The van der Waals surface area contributed by atoms with E-state index in [2.05, 4.69) is 15.0 Å². The zero-order valence-electron chi connectivity index (χ0n) is 10.2. The molecule has 0 spiro atoms. The lowest BCUT2D eigenvalue weighted by Crippen LogP contribution is -2.12. The molecular formula is C13H12N4S. The molecule has 0 aliphatic rings. The van der Waals surface area contributed by atoms with Crippen molar-refractivity contribution in [2.45, 2.75) is 0 Å². The quantitative estimate of drug-likeness (QED) is 0.707. The molecule has 0 fully saturated rings. The SMILES string of the molecule is CN(C)c1nc(-c2cccnc2)c2sccc2n1. The van der Waals surface area contributed by atoms with E-state index in [0.717, 1.165) is 27.4 Å². The van der Waals surface area contributed by atoms with Gasteiger partial charge in [0.1, 0.15) is 0 Å². The van der Waals surface area contributed by atoms with E-state index in [1.807, 2.05) is 48.8 Å². The first-order chi connectivity index (χ1) is 8.75. The van der Waals surface area contributed by atoms with Crippen molar-refractivity contribution in [2.24, 2.45) is 0 Å². The van der Waals surface area contributed by atoms with Gasteiger partial charge in [0.05, 0.1) is 15.9 Å². The Bertz CT molecular complexity index is 676. The Morgan fingerprint density at radius 3 is 2.78 bits per heavy atom. The van der Waals surface area contributed by atoms with Crippen LogP contribution in [0.3, 0.4) is 0 Å². The molecule has 0 bridgehead atoms. The molecule has 0 atom stereocenters. The number of aromatic nitrogens is 3. The fraction of sp³-hybridized carbons (Fsp3) is 0.154. The van der Waals surface area contributed by atoms with E-state index in [4.69, 9.17) is 0 Å². The van der Waals surface area contributed by atoms with Gasteiger partial charge < -0.3 is 4.90 Å². The van der Waals surface area contributed by atoms with Gasteiger partial charge in [-0.3, -0.25) is 4.98 Å². The number of hydrogen-bond donors (Lipinski definition) is 0. The maximum absolute atomic E-state index is 4.63. The van der Waals surface area contributed by atoms with Crippen LogP contribution in [0.2, 0.25) is 0 Å². The molecule has 90 valence electrons. The van der Waals surface area contributed by atoms with Crippen LogP contribution in [0.15, 0.2) is 36.0 Å². The number of pyridine rings is 1. The van der Waals surface area contributed by atoms with Crippen LogP contribution in [0.25, 0.3) is 21.5 Å². The van der Waals surface area contributed by atoms with E-state index in [-0.39, 0.29) is 0 Å². The van der Waals surface area contributed by atoms with E-state index in [9.17, 15) is 0 Å². The third-order valence-electron chi connectivity index (χ3n) is 2.63. The molecule has 3 heterocycles. The lowest BCUT2D eigenvalue weighted by atomic mass is 10.2. The topological polar surface area (TPSA) is 41.9 Å². The minimum absolute atomic E-state index is 0.722. The smallest absolute Gasteiger partial charge is 0.226 e. The van der Waals surface area contributed by atoms with Gasteiger partial charge in [-0.25, -0.2) is 9.97 Å². The highest BCUT2D eigenvalue weighted by Gasteiger charge is 2.11. The molecule has 0 saturated heterocycles. The average molecular weight is 256 g/mol. The summed E-state index contributed by atoms with van der Waals surface area (Å²) in [6, 6.07) is 5.97. The Morgan fingerprint density at radius 1 is 1.17 bits per heavy atom. The molecule has 5 heteroatoms. The maximum atomic E-state index is 4.63. The summed E-state index contributed by atoms with van der Waals surface area (Å²) >= 11 is 1.66. The second-order valence-corrected chi connectivity index (χ2v) is 5.06. The predicted octanol–water partition coefficient (Wildman–Crippen LogP) is 2.82. The first-order valence-corrected chi connectivity index (χ1v) is 6.46. The van der Waals surface area contributed by atoms with Crippen molar-refractivity contribution in [3.8, 4) is 11.3 Å². The van der Waals surface area contributed by atoms with Crippen LogP contribution in [0.1, 0.15) is 0 Å². The number of fused-ring (bicyclic) bond motifs is 1. The molecule has 3 aromatic rings. The number of hydrogen-bond acceptors (Lipinski definition) is 5. The maximum Gasteiger partial charge on any atom is 0.226 e. The molecule has 0 radical (unpaired) electrons. The highest BCUT2D eigenvalue weighted by molar-refractivity contribution is 7.17. The van der Waals surface area contributed by atoms with Crippen molar-refractivity contribution in [1.29, 1.82) is 0 Å². The van der Waals surface area contributed by atoms with Gasteiger partial charge >= 0.3 is 0 Å². The predicted molar refractivity (Wildman–Crippen MR) is 75.0 cm³/mol. The second kappa shape index (κ2) is 4.34. The Balaban J connectivity index is 2.29. The Morgan fingerprint density at radius 2 is 2.06 bits per heavy atom. The highest BCUT2D eigenvalue weighted by Crippen LogP contribution is 2.31. The van der Waals surface area contributed by atoms with Crippen molar-refractivity contribution in [1.82, 2.24) is 15.0 Å². The fourth-order valence-electron chi connectivity index (χ4n) is 1.75. The van der Waals surface area contributed by atoms with E-state index < -0.39 is 0 Å². The summed E-state index contributed by atoms with van der Waals surface area (Å²) in [5.41, 5.74) is 2.96. The standard InChI is InChI=1S/C13H12N4S/c1-17(2)13-15-10-5-7-18-12(10)11(16-13)9-4-3-6-14-8-9/h3-8H,1-2H3. The third kappa shape index (κ3) is 1.82. The average Bonchev–Trinajstić information content (AvgIpc) is 2.86. The van der Waals surface area contributed by atoms with Gasteiger partial charge in [-0.05, 0) is 23.6 Å². The lowest BCUT2D eigenvalue weighted by molar-refractivity contribution is 1.02. The number of nitrogens with zero attached hydrogens (tertiary/aromatic N) is 4. The van der Waals surface area contributed by atoms with Gasteiger partial charge in [0.25, 0.3) is 0 Å². The molecule has 3 aromatic heterocycles. The molecular weight excluding hydrogens is 244 g/mol. The van der Waals surface area contributed by atoms with E-state index in [0.29, 0.717) is 0 Å². The summed E-state index contributed by atoms with van der Waals surface area (Å²) < 4.78 is 1.11. The van der Waals surface area contributed by atoms with E-state index in [1.165, 1.54) is 0 Å². The van der Waals surface area contributed by atoms with Crippen LogP contribution >= 0.6 is 11.3 Å². The summed E-state index contributed by atoms with van der Waals surface area (Å²) in [6.45, 7) is 0. The molecule has 4 nitrogen and oxygen atoms in total. The third-order valence-corrected chi connectivity index (χ3v) is 3.54. The Hall–Kier alpha value is -2.01. The molecule has 0 aliphatic heterocycles. The van der Waals surface area contributed by atoms with E-state index >= 15 is 0 Å². The van der Waals surface area contributed by atoms with Crippen molar-refractivity contribution in [2.75, 3.05) is 19.0 Å². The minimum atomic E-state index is 0.722. The van der Waals surface area contributed by atoms with Crippen molar-refractivity contribution < 1.29 is 0 Å². The molecule has 3 rings (SSSR count). The Kier molecular flexibility index (Phi) is 2.68. The summed E-state index contributed by atoms with van der Waals surface area (Å²) in [6.07, 6.45) is 3.60. The van der Waals surface area contributed by atoms with Gasteiger partial charge in [-0.15, -0.1) is 11.3 Å². The lowest BCUT2D eigenvalue weighted by Gasteiger charge is -2.12. The largest absolute Gasteiger partial charge is 0.347 e. The van der Waals surface area contributed by atoms with Crippen LogP contribution in [0, 0.1) is 0 Å². The summed E-state index contributed by atoms with van der Waals surface area (Å²) in [4.78, 5) is 15.2. The fourth-order valence-corrected chi connectivity index (χ4v) is 2.59. The summed E-state index contributed by atoms with van der Waals surface area (Å²) in [5.74, 6) is 0.722. The molecule has 0 aliphatic carbocycles. The zero-order valence-corrected chi connectivity index (χ0v) is 11.0. The van der Waals surface area contributed by atoms with Crippen LogP contribution in [0.4, 0.5) is 5.95 Å². The van der Waals surface area contributed by atoms with Crippen LogP contribution in [-0.2, 0) is 0 Å². The minimum Gasteiger partial charge on any atom is -0.347 e. The zero-order chi connectivity index (χ0) is 12.5. The monoisotopic (exact) mass is 256 g/mol. The summed E-state index contributed by atoms with van der Waals surface area (Å²) in [7, 11) is 3.89.